The average molecular weight is 378 g/mol. The number of H-pyrrole nitrogens is 1. The molecule has 0 bridgehead atoms. The standard InChI is InChI=1S/C16H18N4O5S/c21-15-6-5-13(18-19-15)16(22)17-11-12-3-1-2-4-14(12)26(23,24)20-7-9-25-10-8-20/h1-6H,7-11H2,(H,17,22)(H,19,21). The van der Waals surface area contributed by atoms with Gasteiger partial charge < -0.3 is 10.1 Å². The van der Waals surface area contributed by atoms with Crippen LogP contribution in [-0.4, -0.2) is 55.1 Å². The Kier molecular flexibility index (Phi) is 5.45. The number of nitrogens with zero attached hydrogens (tertiary/aromatic N) is 2. The highest BCUT2D eigenvalue weighted by molar-refractivity contribution is 7.89. The Bertz CT molecular complexity index is 931. The molecule has 1 aliphatic rings. The van der Waals surface area contributed by atoms with E-state index in [0.717, 1.165) is 0 Å². The lowest BCUT2D eigenvalue weighted by atomic mass is 10.2. The molecule has 0 aliphatic carbocycles. The number of aromatic nitrogens is 2. The van der Waals surface area contributed by atoms with Crippen molar-refractivity contribution in [3.05, 3.63) is 58.0 Å². The number of hydrogen-bond donors (Lipinski definition) is 2. The van der Waals surface area contributed by atoms with E-state index in [0.29, 0.717) is 31.9 Å². The second-order valence-corrected chi connectivity index (χ2v) is 7.52. The lowest BCUT2D eigenvalue weighted by Crippen LogP contribution is -2.41. The number of carbonyl (C=O) groups is 1. The molecular formula is C16H18N4O5S. The van der Waals surface area contributed by atoms with Crippen LogP contribution in [0.25, 0.3) is 0 Å². The Morgan fingerprint density at radius 3 is 2.62 bits per heavy atom. The van der Waals surface area contributed by atoms with Gasteiger partial charge in [0.05, 0.1) is 18.1 Å². The first kappa shape index (κ1) is 18.2. The molecule has 1 aromatic carbocycles. The molecule has 1 amide bonds. The van der Waals surface area contributed by atoms with Crippen molar-refractivity contribution in [3.8, 4) is 0 Å². The van der Waals surface area contributed by atoms with Crippen LogP contribution in [0.1, 0.15) is 16.1 Å². The van der Waals surface area contributed by atoms with Crippen molar-refractivity contribution >= 4 is 15.9 Å². The number of rotatable bonds is 5. The minimum absolute atomic E-state index is 0.0133. The molecule has 0 saturated carbocycles. The van der Waals surface area contributed by atoms with Crippen LogP contribution < -0.4 is 10.9 Å². The van der Waals surface area contributed by atoms with E-state index in [1.165, 1.54) is 22.5 Å². The van der Waals surface area contributed by atoms with Crippen LogP contribution in [0.4, 0.5) is 0 Å². The number of carbonyl (C=O) groups excluding carboxylic acids is 1. The van der Waals surface area contributed by atoms with Gasteiger partial charge in [-0.15, -0.1) is 0 Å². The van der Waals surface area contributed by atoms with Crippen LogP contribution in [0.3, 0.4) is 0 Å². The van der Waals surface area contributed by atoms with E-state index in [4.69, 9.17) is 4.74 Å². The molecule has 1 aliphatic heterocycles. The maximum Gasteiger partial charge on any atom is 0.271 e. The Morgan fingerprint density at radius 2 is 1.92 bits per heavy atom. The fourth-order valence-corrected chi connectivity index (χ4v) is 4.19. The summed E-state index contributed by atoms with van der Waals surface area (Å²) in [6.07, 6.45) is 0. The van der Waals surface area contributed by atoms with Crippen LogP contribution in [0, 0.1) is 0 Å². The van der Waals surface area contributed by atoms with Crippen LogP contribution in [0.2, 0.25) is 0 Å². The minimum atomic E-state index is -3.67. The van der Waals surface area contributed by atoms with E-state index in [1.807, 2.05) is 0 Å². The van der Waals surface area contributed by atoms with Crippen LogP contribution in [0.5, 0.6) is 0 Å². The second kappa shape index (κ2) is 7.77. The molecule has 1 saturated heterocycles. The molecule has 0 atom stereocenters. The van der Waals surface area contributed by atoms with E-state index in [-0.39, 0.29) is 17.1 Å². The maximum atomic E-state index is 12.9. The summed E-state index contributed by atoms with van der Waals surface area (Å²) in [7, 11) is -3.67. The topological polar surface area (TPSA) is 121 Å². The quantitative estimate of drug-likeness (QED) is 0.738. The summed E-state index contributed by atoms with van der Waals surface area (Å²) in [5.41, 5.74) is 0.0957. The molecule has 1 fully saturated rings. The monoisotopic (exact) mass is 378 g/mol. The van der Waals surface area contributed by atoms with E-state index < -0.39 is 21.5 Å². The molecule has 0 unspecified atom stereocenters. The summed E-state index contributed by atoms with van der Waals surface area (Å²) in [6.45, 7) is 1.32. The molecule has 1 aromatic heterocycles. The third-order valence-electron chi connectivity index (χ3n) is 3.91. The zero-order chi connectivity index (χ0) is 18.6. The average Bonchev–Trinajstić information content (AvgIpc) is 2.67. The molecule has 2 heterocycles. The highest BCUT2D eigenvalue weighted by Crippen LogP contribution is 2.21. The lowest BCUT2D eigenvalue weighted by molar-refractivity contribution is 0.0730. The number of morpholine rings is 1. The Labute approximate surface area is 150 Å². The number of sulfonamides is 1. The normalized spacial score (nSPS) is 15.5. The van der Waals surface area contributed by atoms with Gasteiger partial charge in [-0.1, -0.05) is 18.2 Å². The van der Waals surface area contributed by atoms with E-state index in [9.17, 15) is 18.0 Å². The fourth-order valence-electron chi connectivity index (χ4n) is 2.56. The number of benzene rings is 1. The molecule has 3 rings (SSSR count). The minimum Gasteiger partial charge on any atom is -0.379 e. The van der Waals surface area contributed by atoms with Gasteiger partial charge in [0.15, 0.2) is 0 Å². The first-order valence-electron chi connectivity index (χ1n) is 7.98. The summed E-state index contributed by atoms with van der Waals surface area (Å²) >= 11 is 0. The largest absolute Gasteiger partial charge is 0.379 e. The second-order valence-electron chi connectivity index (χ2n) is 5.61. The first-order valence-corrected chi connectivity index (χ1v) is 9.42. The highest BCUT2D eigenvalue weighted by Gasteiger charge is 2.28. The predicted octanol–water partition coefficient (Wildman–Crippen LogP) is -0.279. The van der Waals surface area contributed by atoms with Gasteiger partial charge in [-0.05, 0) is 17.7 Å². The summed E-state index contributed by atoms with van der Waals surface area (Å²) in [6, 6.07) is 9.00. The van der Waals surface area contributed by atoms with Crippen molar-refractivity contribution in [2.75, 3.05) is 26.3 Å². The SMILES string of the molecule is O=C(NCc1ccccc1S(=O)(=O)N1CCOCC1)c1ccc(=O)[nH]n1. The van der Waals surface area contributed by atoms with Gasteiger partial charge in [0.25, 0.3) is 11.5 Å². The maximum absolute atomic E-state index is 12.9. The molecule has 2 aromatic rings. The van der Waals surface area contributed by atoms with Gasteiger partial charge in [0.1, 0.15) is 5.69 Å². The van der Waals surface area contributed by atoms with Crippen LogP contribution in [-0.2, 0) is 21.3 Å². The third kappa shape index (κ3) is 3.98. The van der Waals surface area contributed by atoms with Crippen molar-refractivity contribution in [2.45, 2.75) is 11.4 Å². The van der Waals surface area contributed by atoms with Crippen molar-refractivity contribution in [2.24, 2.45) is 0 Å². The van der Waals surface area contributed by atoms with Gasteiger partial charge in [0, 0.05) is 25.7 Å². The lowest BCUT2D eigenvalue weighted by Gasteiger charge is -2.27. The summed E-state index contributed by atoms with van der Waals surface area (Å²) in [4.78, 5) is 23.3. The Morgan fingerprint density at radius 1 is 1.19 bits per heavy atom. The van der Waals surface area contributed by atoms with Gasteiger partial charge in [-0.2, -0.15) is 9.40 Å². The smallest absolute Gasteiger partial charge is 0.271 e. The number of aromatic amines is 1. The highest BCUT2D eigenvalue weighted by atomic mass is 32.2. The zero-order valence-electron chi connectivity index (χ0n) is 13.8. The molecular weight excluding hydrogens is 360 g/mol. The number of nitrogens with one attached hydrogen (secondary N) is 2. The van der Waals surface area contributed by atoms with E-state index in [1.54, 1.807) is 18.2 Å². The molecule has 9 nitrogen and oxygen atoms in total. The molecule has 0 radical (unpaired) electrons. The van der Waals surface area contributed by atoms with Crippen molar-refractivity contribution in [1.82, 2.24) is 19.8 Å². The predicted molar refractivity (Wildman–Crippen MR) is 92.0 cm³/mol. The van der Waals surface area contributed by atoms with Crippen LogP contribution in [0.15, 0.2) is 46.1 Å². The molecule has 26 heavy (non-hydrogen) atoms. The van der Waals surface area contributed by atoms with Crippen molar-refractivity contribution < 1.29 is 17.9 Å². The summed E-state index contributed by atoms with van der Waals surface area (Å²) in [5.74, 6) is -0.514. The fraction of sp³-hybridized carbons (Fsp3) is 0.312. The zero-order valence-corrected chi connectivity index (χ0v) is 14.7. The Hall–Kier alpha value is -2.56. The molecule has 0 spiro atoms. The number of hydrogen-bond acceptors (Lipinski definition) is 6. The molecule has 2 N–H and O–H groups in total. The number of ether oxygens (including phenoxy) is 1. The van der Waals surface area contributed by atoms with Gasteiger partial charge in [-0.25, -0.2) is 13.5 Å². The summed E-state index contributed by atoms with van der Waals surface area (Å²) in [5, 5.41) is 8.44. The number of amides is 1. The van der Waals surface area contributed by atoms with Gasteiger partial charge in [-0.3, -0.25) is 9.59 Å². The molecule has 138 valence electrons. The van der Waals surface area contributed by atoms with Crippen molar-refractivity contribution in [1.29, 1.82) is 0 Å². The van der Waals surface area contributed by atoms with Gasteiger partial charge in [0.2, 0.25) is 10.0 Å². The molecule has 10 heteroatoms. The third-order valence-corrected chi connectivity index (χ3v) is 5.91. The summed E-state index contributed by atoms with van der Waals surface area (Å²) < 4.78 is 32.3. The van der Waals surface area contributed by atoms with E-state index in [2.05, 4.69) is 15.5 Å². The first-order chi connectivity index (χ1) is 12.5. The Balaban J connectivity index is 1.78. The van der Waals surface area contributed by atoms with E-state index >= 15 is 0 Å². The van der Waals surface area contributed by atoms with Crippen molar-refractivity contribution in [3.63, 3.8) is 0 Å². The van der Waals surface area contributed by atoms with Crippen LogP contribution >= 0.6 is 0 Å². The van der Waals surface area contributed by atoms with Gasteiger partial charge >= 0.3 is 0 Å².